The van der Waals surface area contributed by atoms with Gasteiger partial charge < -0.3 is 15.2 Å². The highest BCUT2D eigenvalue weighted by atomic mass is 16.5. The largest absolute Gasteiger partial charge is 0.497 e. The average Bonchev–Trinajstić information content (AvgIpc) is 2.19. The summed E-state index contributed by atoms with van der Waals surface area (Å²) in [6, 6.07) is 6.11. The SMILES string of the molecule is COc1ccc(OC(=O)C(C)N)cc1. The predicted octanol–water partition coefficient (Wildman–Crippen LogP) is 0.948. The molecule has 0 aliphatic heterocycles. The normalized spacial score (nSPS) is 11.9. The van der Waals surface area contributed by atoms with Crippen LogP contribution in [0.5, 0.6) is 11.5 Å². The molecule has 0 saturated heterocycles. The van der Waals surface area contributed by atoms with Crippen molar-refractivity contribution in [2.24, 2.45) is 5.73 Å². The van der Waals surface area contributed by atoms with E-state index < -0.39 is 12.0 Å². The van der Waals surface area contributed by atoms with Gasteiger partial charge in [-0.25, -0.2) is 4.79 Å². The molecule has 1 atom stereocenters. The van der Waals surface area contributed by atoms with Gasteiger partial charge in [0.1, 0.15) is 17.5 Å². The van der Waals surface area contributed by atoms with Crippen LogP contribution in [0.1, 0.15) is 6.92 Å². The summed E-state index contributed by atoms with van der Waals surface area (Å²) in [5, 5.41) is 0. The summed E-state index contributed by atoms with van der Waals surface area (Å²) in [7, 11) is 1.57. The van der Waals surface area contributed by atoms with Crippen LogP contribution in [-0.2, 0) is 4.79 Å². The second kappa shape index (κ2) is 4.62. The number of nitrogens with two attached hydrogens (primary N) is 1. The van der Waals surface area contributed by atoms with Crippen LogP contribution in [0.3, 0.4) is 0 Å². The van der Waals surface area contributed by atoms with E-state index in [1.165, 1.54) is 0 Å². The Hall–Kier alpha value is -1.55. The van der Waals surface area contributed by atoms with Gasteiger partial charge in [0.15, 0.2) is 0 Å². The van der Waals surface area contributed by atoms with E-state index in [4.69, 9.17) is 15.2 Å². The molecule has 76 valence electrons. The number of rotatable bonds is 3. The third kappa shape index (κ3) is 2.74. The summed E-state index contributed by atoms with van der Waals surface area (Å²) >= 11 is 0. The maximum absolute atomic E-state index is 11.1. The third-order valence-corrected chi connectivity index (χ3v) is 1.65. The Morgan fingerprint density at radius 1 is 1.29 bits per heavy atom. The van der Waals surface area contributed by atoms with Gasteiger partial charge in [0.2, 0.25) is 0 Å². The predicted molar refractivity (Wildman–Crippen MR) is 52.3 cm³/mol. The average molecular weight is 195 g/mol. The third-order valence-electron chi connectivity index (χ3n) is 1.65. The first-order valence-electron chi connectivity index (χ1n) is 4.25. The molecule has 1 unspecified atom stereocenters. The van der Waals surface area contributed by atoms with Crippen LogP contribution in [0.25, 0.3) is 0 Å². The lowest BCUT2D eigenvalue weighted by molar-refractivity contribution is -0.135. The van der Waals surface area contributed by atoms with E-state index in [2.05, 4.69) is 0 Å². The van der Waals surface area contributed by atoms with E-state index in [9.17, 15) is 4.79 Å². The smallest absolute Gasteiger partial charge is 0.328 e. The number of hydrogen-bond donors (Lipinski definition) is 1. The van der Waals surface area contributed by atoms with Gasteiger partial charge in [0, 0.05) is 0 Å². The van der Waals surface area contributed by atoms with Gasteiger partial charge in [0.05, 0.1) is 7.11 Å². The highest BCUT2D eigenvalue weighted by Crippen LogP contribution is 2.17. The quantitative estimate of drug-likeness (QED) is 0.576. The van der Waals surface area contributed by atoms with Crippen molar-refractivity contribution in [3.63, 3.8) is 0 Å². The summed E-state index contributed by atoms with van der Waals surface area (Å²) in [4.78, 5) is 11.1. The van der Waals surface area contributed by atoms with Crippen molar-refractivity contribution in [2.45, 2.75) is 13.0 Å². The Bertz CT molecular complexity index is 306. The Balaban J connectivity index is 2.64. The van der Waals surface area contributed by atoms with Gasteiger partial charge in [-0.15, -0.1) is 0 Å². The molecule has 1 aromatic rings. The molecule has 14 heavy (non-hydrogen) atoms. The first kappa shape index (κ1) is 10.5. The van der Waals surface area contributed by atoms with Crippen LogP contribution in [0, 0.1) is 0 Å². The van der Waals surface area contributed by atoms with E-state index in [1.807, 2.05) is 0 Å². The molecule has 1 aromatic carbocycles. The fourth-order valence-corrected chi connectivity index (χ4v) is 0.853. The Morgan fingerprint density at radius 2 is 1.79 bits per heavy atom. The number of carbonyl (C=O) groups is 1. The van der Waals surface area contributed by atoms with Crippen molar-refractivity contribution in [1.29, 1.82) is 0 Å². The van der Waals surface area contributed by atoms with Crippen LogP contribution in [0.15, 0.2) is 24.3 Å². The molecule has 0 aliphatic rings. The minimum absolute atomic E-state index is 0.449. The monoisotopic (exact) mass is 195 g/mol. The van der Waals surface area contributed by atoms with Crippen molar-refractivity contribution < 1.29 is 14.3 Å². The molecule has 1 rings (SSSR count). The summed E-state index contributed by atoms with van der Waals surface area (Å²) in [5.41, 5.74) is 5.34. The molecule has 2 N–H and O–H groups in total. The van der Waals surface area contributed by atoms with Gasteiger partial charge in [-0.2, -0.15) is 0 Å². The van der Waals surface area contributed by atoms with Gasteiger partial charge in [-0.05, 0) is 31.2 Å². The molecule has 0 saturated carbocycles. The van der Waals surface area contributed by atoms with Crippen molar-refractivity contribution >= 4 is 5.97 Å². The maximum atomic E-state index is 11.1. The van der Waals surface area contributed by atoms with E-state index in [0.717, 1.165) is 0 Å². The fourth-order valence-electron chi connectivity index (χ4n) is 0.853. The van der Waals surface area contributed by atoms with Gasteiger partial charge in [0.25, 0.3) is 0 Å². The summed E-state index contributed by atoms with van der Waals surface area (Å²) in [6.07, 6.45) is 0. The molecule has 4 nitrogen and oxygen atoms in total. The van der Waals surface area contributed by atoms with Gasteiger partial charge in [-0.3, -0.25) is 0 Å². The van der Waals surface area contributed by atoms with Crippen molar-refractivity contribution in [3.05, 3.63) is 24.3 Å². The molecular weight excluding hydrogens is 182 g/mol. The first-order chi connectivity index (χ1) is 6.63. The van der Waals surface area contributed by atoms with Crippen LogP contribution in [0.2, 0.25) is 0 Å². The molecule has 0 aromatic heterocycles. The lowest BCUT2D eigenvalue weighted by Crippen LogP contribution is -2.30. The summed E-state index contributed by atoms with van der Waals surface area (Å²) in [6.45, 7) is 1.58. The molecule has 0 heterocycles. The van der Waals surface area contributed by atoms with Gasteiger partial charge in [-0.1, -0.05) is 0 Å². The minimum atomic E-state index is -0.614. The Kier molecular flexibility index (Phi) is 3.48. The lowest BCUT2D eigenvalue weighted by Gasteiger charge is -2.06. The van der Waals surface area contributed by atoms with Crippen molar-refractivity contribution in [1.82, 2.24) is 0 Å². The Labute approximate surface area is 82.6 Å². The van der Waals surface area contributed by atoms with Crippen LogP contribution >= 0.6 is 0 Å². The zero-order valence-corrected chi connectivity index (χ0v) is 8.19. The molecule has 4 heteroatoms. The van der Waals surface area contributed by atoms with Crippen LogP contribution in [0.4, 0.5) is 0 Å². The fraction of sp³-hybridized carbons (Fsp3) is 0.300. The highest BCUT2D eigenvalue weighted by Gasteiger charge is 2.09. The zero-order valence-electron chi connectivity index (χ0n) is 8.19. The topological polar surface area (TPSA) is 61.5 Å². The standard InChI is InChI=1S/C10H13NO3/c1-7(11)10(12)14-9-5-3-8(13-2)4-6-9/h3-7H,11H2,1-2H3. The number of benzene rings is 1. The van der Waals surface area contributed by atoms with Crippen molar-refractivity contribution in [3.8, 4) is 11.5 Å². The number of hydrogen-bond acceptors (Lipinski definition) is 4. The molecule has 0 radical (unpaired) electrons. The maximum Gasteiger partial charge on any atom is 0.328 e. The van der Waals surface area contributed by atoms with Crippen LogP contribution < -0.4 is 15.2 Å². The first-order valence-corrected chi connectivity index (χ1v) is 4.25. The summed E-state index contributed by atoms with van der Waals surface area (Å²) in [5.74, 6) is 0.730. The summed E-state index contributed by atoms with van der Waals surface area (Å²) < 4.78 is 9.91. The van der Waals surface area contributed by atoms with Crippen molar-refractivity contribution in [2.75, 3.05) is 7.11 Å². The second-order valence-corrected chi connectivity index (χ2v) is 2.89. The van der Waals surface area contributed by atoms with Crippen LogP contribution in [-0.4, -0.2) is 19.1 Å². The Morgan fingerprint density at radius 3 is 2.21 bits per heavy atom. The second-order valence-electron chi connectivity index (χ2n) is 2.89. The van der Waals surface area contributed by atoms with Gasteiger partial charge >= 0.3 is 5.97 Å². The highest BCUT2D eigenvalue weighted by molar-refractivity contribution is 5.77. The van der Waals surface area contributed by atoms with E-state index in [0.29, 0.717) is 11.5 Å². The number of carbonyl (C=O) groups excluding carboxylic acids is 1. The number of methoxy groups -OCH3 is 1. The minimum Gasteiger partial charge on any atom is -0.497 e. The molecule has 0 spiro atoms. The van der Waals surface area contributed by atoms with E-state index in [-0.39, 0.29) is 0 Å². The lowest BCUT2D eigenvalue weighted by atomic mass is 10.3. The number of esters is 1. The molecule has 0 amide bonds. The van der Waals surface area contributed by atoms with E-state index >= 15 is 0 Å². The molecular formula is C10H13NO3. The molecule has 0 aliphatic carbocycles. The number of ether oxygens (including phenoxy) is 2. The molecule has 0 fully saturated rings. The zero-order chi connectivity index (χ0) is 10.6. The van der Waals surface area contributed by atoms with E-state index in [1.54, 1.807) is 38.3 Å². The molecule has 0 bridgehead atoms.